The van der Waals surface area contributed by atoms with Crippen molar-refractivity contribution in [1.82, 2.24) is 10.9 Å². The minimum atomic E-state index is -0.182. The molecule has 33 heavy (non-hydrogen) atoms. The van der Waals surface area contributed by atoms with E-state index in [9.17, 15) is 9.90 Å². The minimum absolute atomic E-state index is 0.176. The van der Waals surface area contributed by atoms with E-state index in [2.05, 4.69) is 57.7 Å². The Labute approximate surface area is 206 Å². The number of amides is 1. The summed E-state index contributed by atoms with van der Waals surface area (Å²) in [6, 6.07) is 11.4. The molecule has 0 bridgehead atoms. The first-order chi connectivity index (χ1) is 15.3. The number of hydrogen-bond acceptors (Lipinski definition) is 5. The normalized spacial score (nSPS) is 11.6. The molecule has 0 unspecified atom stereocenters. The highest BCUT2D eigenvalue weighted by Crippen LogP contribution is 2.40. The molecule has 0 heterocycles. The average Bonchev–Trinajstić information content (AvgIpc) is 2.72. The fraction of sp³-hybridized carbons (Fsp3) is 0.440. The molecule has 6 nitrogen and oxygen atoms in total. The molecule has 0 aromatic heterocycles. The van der Waals surface area contributed by atoms with E-state index in [0.717, 1.165) is 28.1 Å². The van der Waals surface area contributed by atoms with Crippen molar-refractivity contribution in [2.75, 3.05) is 18.2 Å². The van der Waals surface area contributed by atoms with E-state index in [1.54, 1.807) is 7.11 Å². The van der Waals surface area contributed by atoms with Crippen molar-refractivity contribution >= 4 is 40.7 Å². The Hall–Kier alpha value is -2.45. The molecule has 1 amide bonds. The van der Waals surface area contributed by atoms with E-state index in [0.29, 0.717) is 16.6 Å². The molecule has 0 fully saturated rings. The smallest absolute Gasteiger partial charge is 0.248 e. The average molecular weight is 490 g/mol. The minimum Gasteiger partial charge on any atom is -0.507 e. The molecule has 0 aliphatic carbocycles. The molecule has 0 radical (unpaired) electrons. The zero-order chi connectivity index (χ0) is 24.8. The first-order valence-electron chi connectivity index (χ1n) is 10.8. The number of ether oxygens (including phenoxy) is 1. The Balaban J connectivity index is 1.90. The highest BCUT2D eigenvalue weighted by molar-refractivity contribution is 7.99. The number of rotatable bonds is 6. The van der Waals surface area contributed by atoms with Crippen molar-refractivity contribution in [1.29, 1.82) is 0 Å². The van der Waals surface area contributed by atoms with Gasteiger partial charge in [-0.15, -0.1) is 11.8 Å². The third kappa shape index (κ3) is 8.12. The number of thiocarbonyl (C=S) groups is 1. The van der Waals surface area contributed by atoms with Crippen molar-refractivity contribution in [2.24, 2.45) is 0 Å². The summed E-state index contributed by atoms with van der Waals surface area (Å²) in [7, 11) is 1.61. The van der Waals surface area contributed by atoms with Gasteiger partial charge in [-0.25, -0.2) is 0 Å². The zero-order valence-electron chi connectivity index (χ0n) is 20.5. The van der Waals surface area contributed by atoms with Gasteiger partial charge in [-0.2, -0.15) is 0 Å². The second kappa shape index (κ2) is 11.1. The number of thioether (sulfide) groups is 1. The molecular formula is C25H35N3O3S2. The number of hydrogen-bond donors (Lipinski definition) is 4. The molecular weight excluding hydrogens is 454 g/mol. The lowest BCUT2D eigenvalue weighted by atomic mass is 9.78. The number of anilines is 1. The topological polar surface area (TPSA) is 82.6 Å². The van der Waals surface area contributed by atoms with Crippen LogP contribution in [0.25, 0.3) is 0 Å². The quantitative estimate of drug-likeness (QED) is 0.326. The predicted octanol–water partition coefficient (Wildman–Crippen LogP) is 5.25. The summed E-state index contributed by atoms with van der Waals surface area (Å²) < 4.78 is 5.13. The number of carbonyl (C=O) groups is 1. The number of phenols is 1. The Morgan fingerprint density at radius 1 is 1.00 bits per heavy atom. The third-order valence-electron chi connectivity index (χ3n) is 4.95. The lowest BCUT2D eigenvalue weighted by Crippen LogP contribution is -2.44. The predicted molar refractivity (Wildman–Crippen MR) is 142 cm³/mol. The van der Waals surface area contributed by atoms with Gasteiger partial charge in [0.1, 0.15) is 11.5 Å². The van der Waals surface area contributed by atoms with Crippen LogP contribution in [0, 0.1) is 0 Å². The fourth-order valence-electron chi connectivity index (χ4n) is 3.18. The van der Waals surface area contributed by atoms with Gasteiger partial charge in [0.25, 0.3) is 0 Å². The lowest BCUT2D eigenvalue weighted by molar-refractivity contribution is -0.119. The highest BCUT2D eigenvalue weighted by Gasteiger charge is 2.26. The Bertz CT molecular complexity index is 943. The van der Waals surface area contributed by atoms with Crippen LogP contribution in [0.5, 0.6) is 11.5 Å². The van der Waals surface area contributed by atoms with Gasteiger partial charge < -0.3 is 15.2 Å². The van der Waals surface area contributed by atoms with E-state index in [1.165, 1.54) is 11.8 Å². The number of aromatic hydroxyl groups is 1. The van der Waals surface area contributed by atoms with E-state index < -0.39 is 0 Å². The number of nitrogens with one attached hydrogen (secondary N) is 3. The SMILES string of the molecule is COc1ccc(NC(=S)NNC(=O)CSCc2cc(C(C)(C)C)c(O)c(C(C)(C)C)c2)cc1. The molecule has 0 aliphatic rings. The van der Waals surface area contributed by atoms with Crippen LogP contribution in [-0.2, 0) is 21.4 Å². The van der Waals surface area contributed by atoms with Crippen LogP contribution in [0.4, 0.5) is 5.69 Å². The third-order valence-corrected chi connectivity index (χ3v) is 6.16. The molecule has 2 aromatic rings. The monoisotopic (exact) mass is 489 g/mol. The van der Waals surface area contributed by atoms with Gasteiger partial charge in [-0.1, -0.05) is 53.7 Å². The molecule has 2 rings (SSSR count). The number of methoxy groups -OCH3 is 1. The molecule has 0 spiro atoms. The lowest BCUT2D eigenvalue weighted by Gasteiger charge is -2.28. The van der Waals surface area contributed by atoms with E-state index in [1.807, 2.05) is 36.4 Å². The van der Waals surface area contributed by atoms with Crippen molar-refractivity contribution in [3.05, 3.63) is 53.1 Å². The highest BCUT2D eigenvalue weighted by atomic mass is 32.2. The van der Waals surface area contributed by atoms with Crippen LogP contribution in [0.15, 0.2) is 36.4 Å². The van der Waals surface area contributed by atoms with Crippen LogP contribution in [0.1, 0.15) is 58.2 Å². The van der Waals surface area contributed by atoms with Gasteiger partial charge in [0.05, 0.1) is 12.9 Å². The van der Waals surface area contributed by atoms with Gasteiger partial charge >= 0.3 is 0 Å². The van der Waals surface area contributed by atoms with Crippen LogP contribution in [-0.4, -0.2) is 29.0 Å². The summed E-state index contributed by atoms with van der Waals surface area (Å²) in [6.45, 7) is 12.5. The summed E-state index contributed by atoms with van der Waals surface area (Å²) in [5.74, 6) is 1.87. The maximum absolute atomic E-state index is 12.2. The number of carbonyl (C=O) groups excluding carboxylic acids is 1. The second-order valence-corrected chi connectivity index (χ2v) is 11.3. The van der Waals surface area contributed by atoms with E-state index in [4.69, 9.17) is 17.0 Å². The van der Waals surface area contributed by atoms with Gasteiger partial charge in [-0.3, -0.25) is 15.6 Å². The first-order valence-corrected chi connectivity index (χ1v) is 12.3. The van der Waals surface area contributed by atoms with Crippen LogP contribution in [0.3, 0.4) is 0 Å². The molecule has 0 saturated carbocycles. The maximum Gasteiger partial charge on any atom is 0.248 e. The summed E-state index contributed by atoms with van der Waals surface area (Å²) in [6.07, 6.45) is 0. The molecule has 0 saturated heterocycles. The van der Waals surface area contributed by atoms with Crippen molar-refractivity contribution in [3.8, 4) is 11.5 Å². The Morgan fingerprint density at radius 2 is 1.55 bits per heavy atom. The van der Waals surface area contributed by atoms with Crippen LogP contribution in [0.2, 0.25) is 0 Å². The number of hydrazine groups is 1. The van der Waals surface area contributed by atoms with Crippen molar-refractivity contribution in [2.45, 2.75) is 58.1 Å². The molecule has 2 aromatic carbocycles. The van der Waals surface area contributed by atoms with Gasteiger partial charge in [0.2, 0.25) is 5.91 Å². The van der Waals surface area contributed by atoms with Gasteiger partial charge in [0, 0.05) is 11.4 Å². The molecule has 4 N–H and O–H groups in total. The first kappa shape index (κ1) is 26.8. The van der Waals surface area contributed by atoms with Crippen molar-refractivity contribution in [3.63, 3.8) is 0 Å². The van der Waals surface area contributed by atoms with Crippen LogP contribution >= 0.6 is 24.0 Å². The number of benzene rings is 2. The van der Waals surface area contributed by atoms with Crippen LogP contribution < -0.4 is 20.9 Å². The summed E-state index contributed by atoms with van der Waals surface area (Å²) >= 11 is 6.72. The van der Waals surface area contributed by atoms with Gasteiger partial charge in [0.15, 0.2) is 5.11 Å². The van der Waals surface area contributed by atoms with E-state index in [-0.39, 0.29) is 22.5 Å². The maximum atomic E-state index is 12.2. The Morgan fingerprint density at radius 3 is 2.03 bits per heavy atom. The summed E-state index contributed by atoms with van der Waals surface area (Å²) in [4.78, 5) is 12.2. The Kier molecular flexibility index (Phi) is 9.03. The van der Waals surface area contributed by atoms with E-state index >= 15 is 0 Å². The summed E-state index contributed by atoms with van der Waals surface area (Å²) in [5, 5.41) is 14.1. The second-order valence-electron chi connectivity index (χ2n) is 9.89. The molecule has 0 atom stereocenters. The summed E-state index contributed by atoms with van der Waals surface area (Å²) in [5.41, 5.74) is 8.69. The zero-order valence-corrected chi connectivity index (χ0v) is 22.1. The molecule has 180 valence electrons. The van der Waals surface area contributed by atoms with Crippen molar-refractivity contribution < 1.29 is 14.6 Å². The molecule has 0 aliphatic heterocycles. The molecule has 8 heteroatoms. The standard InChI is InChI=1S/C25H35N3O3S2/c1-24(2,3)19-12-16(13-20(22(19)30)25(4,5)6)14-33-15-21(29)27-28-23(32)26-17-8-10-18(31-7)11-9-17/h8-13,30H,14-15H2,1-7H3,(H,27,29)(H2,26,28,32). The largest absolute Gasteiger partial charge is 0.507 e. The van der Waals surface area contributed by atoms with Gasteiger partial charge in [-0.05, 0) is 64.0 Å². The fourth-order valence-corrected chi connectivity index (χ4v) is 4.11. The number of phenolic OH excluding ortho intramolecular Hbond substituents is 1.